The van der Waals surface area contributed by atoms with Gasteiger partial charge in [-0.1, -0.05) is 6.07 Å². The minimum atomic E-state index is -4.36. The Morgan fingerprint density at radius 2 is 2.12 bits per heavy atom. The van der Waals surface area contributed by atoms with E-state index in [1.165, 1.54) is 6.07 Å². The van der Waals surface area contributed by atoms with Crippen LogP contribution in [0.4, 0.5) is 23.2 Å². The maximum absolute atomic E-state index is 14.2. The number of halogens is 4. The maximum atomic E-state index is 14.2. The van der Waals surface area contributed by atoms with Gasteiger partial charge in [0.2, 0.25) is 4.70 Å². The van der Waals surface area contributed by atoms with Crippen LogP contribution >= 0.6 is 10.8 Å². The second-order valence-corrected chi connectivity index (χ2v) is 7.47. The predicted molar refractivity (Wildman–Crippen MR) is 86.8 cm³/mol. The van der Waals surface area contributed by atoms with Gasteiger partial charge in [-0.05, 0) is 36.4 Å². The van der Waals surface area contributed by atoms with Gasteiger partial charge in [-0.3, -0.25) is 0 Å². The van der Waals surface area contributed by atoms with Crippen molar-refractivity contribution in [3.63, 3.8) is 0 Å². The van der Waals surface area contributed by atoms with E-state index >= 15 is 0 Å². The third kappa shape index (κ3) is 3.65. The Bertz CT molecular complexity index is 731. The lowest BCUT2D eigenvalue weighted by molar-refractivity contribution is -0.126. The lowest BCUT2D eigenvalue weighted by atomic mass is 10.0. The molecule has 0 saturated carbocycles. The van der Waals surface area contributed by atoms with Crippen molar-refractivity contribution in [1.29, 1.82) is 0 Å². The summed E-state index contributed by atoms with van der Waals surface area (Å²) in [7, 11) is 0.185. The number of likely N-dealkylation sites (tertiary alicyclic amines) is 1. The summed E-state index contributed by atoms with van der Waals surface area (Å²) < 4.78 is 64.8. The van der Waals surface area contributed by atoms with E-state index in [1.807, 2.05) is 11.9 Å². The van der Waals surface area contributed by atoms with Crippen LogP contribution in [0, 0.1) is 0 Å². The average Bonchev–Trinajstić information content (AvgIpc) is 2.77. The van der Waals surface area contributed by atoms with Crippen LogP contribution in [0.2, 0.25) is 0 Å². The highest BCUT2D eigenvalue weighted by Crippen LogP contribution is 2.40. The molecule has 3 rings (SSSR count). The molecule has 8 heteroatoms. The molecule has 1 aromatic heterocycles. The Morgan fingerprint density at radius 1 is 1.38 bits per heavy atom. The molecule has 3 atom stereocenters. The van der Waals surface area contributed by atoms with Crippen LogP contribution in [-0.4, -0.2) is 48.0 Å². The molecule has 2 aromatic rings. The molecule has 3 unspecified atom stereocenters. The van der Waals surface area contributed by atoms with Crippen LogP contribution in [0.3, 0.4) is 0 Å². The molecule has 24 heavy (non-hydrogen) atoms. The van der Waals surface area contributed by atoms with Gasteiger partial charge < -0.3 is 14.8 Å². The first-order chi connectivity index (χ1) is 11.2. The molecule has 1 saturated heterocycles. The molecule has 1 fully saturated rings. The molecule has 3 nitrogen and oxygen atoms in total. The zero-order valence-electron chi connectivity index (χ0n) is 13.1. The fourth-order valence-corrected chi connectivity index (χ4v) is 4.49. The van der Waals surface area contributed by atoms with Crippen LogP contribution in [0.1, 0.15) is 12.0 Å². The molecule has 1 aromatic carbocycles. The minimum absolute atomic E-state index is 0.0136. The summed E-state index contributed by atoms with van der Waals surface area (Å²) in [6.45, 7) is 1.03. The summed E-state index contributed by atoms with van der Waals surface area (Å²) in [6, 6.07) is 4.35. The largest absolute Gasteiger partial charge is 0.590 e. The summed E-state index contributed by atoms with van der Waals surface area (Å²) >= 11 is 0. The van der Waals surface area contributed by atoms with Gasteiger partial charge in [0.15, 0.2) is 0 Å². The fraction of sp³-hybridized carbons (Fsp3) is 0.500. The molecular weight excluding hydrogens is 344 g/mol. The quantitative estimate of drug-likeness (QED) is 0.659. The lowest BCUT2D eigenvalue weighted by Crippen LogP contribution is -2.46. The number of benzene rings is 1. The number of fused-ring (bicyclic) bond motifs is 1. The molecule has 1 aliphatic heterocycles. The highest BCUT2D eigenvalue weighted by atomic mass is 32.2. The van der Waals surface area contributed by atoms with Crippen molar-refractivity contribution < 1.29 is 22.1 Å². The van der Waals surface area contributed by atoms with Crippen LogP contribution in [0.5, 0.6) is 0 Å². The molecule has 0 spiro atoms. The zero-order valence-corrected chi connectivity index (χ0v) is 13.9. The SMILES string of the molecule is CN1CCC(Nc2cccc3c(CC(F)(F)F)c[s+]([O-])c23)C(F)C1. The third-order valence-electron chi connectivity index (χ3n) is 4.29. The summed E-state index contributed by atoms with van der Waals surface area (Å²) in [4.78, 5) is 1.89. The second kappa shape index (κ2) is 6.50. The molecule has 0 bridgehead atoms. The highest BCUT2D eigenvalue weighted by molar-refractivity contribution is 7.30. The Morgan fingerprint density at radius 3 is 2.79 bits per heavy atom. The van der Waals surface area contributed by atoms with Crippen LogP contribution < -0.4 is 5.32 Å². The van der Waals surface area contributed by atoms with Gasteiger partial charge in [-0.25, -0.2) is 4.39 Å². The predicted octanol–water partition coefficient (Wildman–Crippen LogP) is 4.13. The number of hydrogen-bond donors (Lipinski definition) is 1. The van der Waals surface area contributed by atoms with Crippen LogP contribution in [0.25, 0.3) is 10.1 Å². The number of hydrogen-bond acceptors (Lipinski definition) is 3. The first-order valence-electron chi connectivity index (χ1n) is 7.65. The Hall–Kier alpha value is -1.38. The van der Waals surface area contributed by atoms with Crippen molar-refractivity contribution in [3.05, 3.63) is 29.1 Å². The van der Waals surface area contributed by atoms with Gasteiger partial charge in [-0.15, -0.1) is 0 Å². The van der Waals surface area contributed by atoms with E-state index in [9.17, 15) is 22.1 Å². The Kier molecular flexibility index (Phi) is 4.72. The number of thiophene rings is 1. The number of nitrogens with one attached hydrogen (secondary N) is 1. The first-order valence-corrected chi connectivity index (χ1v) is 8.86. The molecule has 0 aliphatic carbocycles. The Labute approximate surface area is 140 Å². The van der Waals surface area contributed by atoms with Crippen molar-refractivity contribution in [2.75, 3.05) is 25.5 Å². The number of nitrogens with zero attached hydrogens (tertiary/aromatic N) is 1. The topological polar surface area (TPSA) is 38.3 Å². The second-order valence-electron chi connectivity index (χ2n) is 6.23. The monoisotopic (exact) mass is 362 g/mol. The van der Waals surface area contributed by atoms with Gasteiger partial charge in [0, 0.05) is 24.0 Å². The maximum Gasteiger partial charge on any atom is 0.393 e. The normalized spacial score (nSPS) is 23.7. The van der Waals surface area contributed by atoms with E-state index < -0.39 is 35.6 Å². The van der Waals surface area contributed by atoms with E-state index in [2.05, 4.69) is 5.32 Å². The van der Waals surface area contributed by atoms with Gasteiger partial charge >= 0.3 is 6.18 Å². The Balaban J connectivity index is 1.92. The van der Waals surface area contributed by atoms with Crippen molar-refractivity contribution in [3.8, 4) is 0 Å². The molecule has 132 valence electrons. The third-order valence-corrected chi connectivity index (χ3v) is 5.63. The molecule has 1 aliphatic rings. The summed E-state index contributed by atoms with van der Waals surface area (Å²) in [6.07, 6.45) is -5.98. The van der Waals surface area contributed by atoms with E-state index in [-0.39, 0.29) is 5.56 Å². The molecule has 0 amide bonds. The van der Waals surface area contributed by atoms with Crippen LogP contribution in [-0.2, 0) is 6.42 Å². The standard InChI is InChI=1S/C16H18F4N2OS/c1-22-6-5-13(12(17)8-22)21-14-4-2-3-11-10(7-16(18,19)20)9-24(23)15(11)14/h2-4,9,12-13,21H,5-8H2,1H3. The van der Waals surface area contributed by atoms with E-state index in [0.717, 1.165) is 11.9 Å². The van der Waals surface area contributed by atoms with E-state index in [1.54, 1.807) is 12.1 Å². The smallest absolute Gasteiger partial charge is 0.393 e. The summed E-state index contributed by atoms with van der Waals surface area (Å²) in [5, 5.41) is 4.53. The molecule has 0 radical (unpaired) electrons. The minimum Gasteiger partial charge on any atom is -0.590 e. The van der Waals surface area contributed by atoms with Crippen LogP contribution in [0.15, 0.2) is 23.6 Å². The van der Waals surface area contributed by atoms with Crippen molar-refractivity contribution in [2.45, 2.75) is 31.2 Å². The van der Waals surface area contributed by atoms with Crippen molar-refractivity contribution >= 4 is 26.5 Å². The van der Waals surface area contributed by atoms with Gasteiger partial charge in [0.1, 0.15) is 11.6 Å². The summed E-state index contributed by atoms with van der Waals surface area (Å²) in [5.41, 5.74) is 0.469. The van der Waals surface area contributed by atoms with Gasteiger partial charge in [0.25, 0.3) is 0 Å². The number of piperidine rings is 1. The first kappa shape index (κ1) is 17.4. The highest BCUT2D eigenvalue weighted by Gasteiger charge is 2.32. The van der Waals surface area contributed by atoms with E-state index in [0.29, 0.717) is 28.7 Å². The van der Waals surface area contributed by atoms with Gasteiger partial charge in [-0.2, -0.15) is 13.2 Å². The van der Waals surface area contributed by atoms with Gasteiger partial charge in [0.05, 0.1) is 18.2 Å². The van der Waals surface area contributed by atoms with Crippen molar-refractivity contribution in [2.24, 2.45) is 0 Å². The number of alkyl halides is 4. The van der Waals surface area contributed by atoms with E-state index in [4.69, 9.17) is 0 Å². The molecule has 1 N–H and O–H groups in total. The number of rotatable bonds is 3. The van der Waals surface area contributed by atoms with Crippen molar-refractivity contribution in [1.82, 2.24) is 4.90 Å². The summed E-state index contributed by atoms with van der Waals surface area (Å²) in [5.74, 6) is 0. The molecular formula is C16H18F4N2OS. The average molecular weight is 362 g/mol. The zero-order chi connectivity index (χ0) is 17.5. The number of anilines is 1. The lowest BCUT2D eigenvalue weighted by Gasteiger charge is -2.33. The fourth-order valence-electron chi connectivity index (χ4n) is 3.14. The molecule has 2 heterocycles.